The van der Waals surface area contributed by atoms with Crippen molar-refractivity contribution < 1.29 is 48.6 Å². The largest absolute Gasteiger partial charge is 1.00 e. The van der Waals surface area contributed by atoms with Crippen LogP contribution in [0.15, 0.2) is 95.4 Å². The van der Waals surface area contributed by atoms with Gasteiger partial charge in [0, 0.05) is 16.7 Å². The summed E-state index contributed by atoms with van der Waals surface area (Å²) >= 11 is 0. The Bertz CT molecular complexity index is 1270. The third kappa shape index (κ3) is 5.98. The number of nitrogens with zero attached hydrogens (tertiary/aromatic N) is 1. The summed E-state index contributed by atoms with van der Waals surface area (Å²) in [6.45, 7) is -0.467. The van der Waals surface area contributed by atoms with Crippen molar-refractivity contribution in [2.45, 2.75) is 25.7 Å². The molecule has 0 saturated carbocycles. The van der Waals surface area contributed by atoms with Crippen molar-refractivity contribution in [3.8, 4) is 28.3 Å². The molecule has 0 aliphatic heterocycles. The number of ether oxygens (including phenoxy) is 1. The van der Waals surface area contributed by atoms with Crippen LogP contribution in [0.1, 0.15) is 30.7 Å². The molecule has 36 heavy (non-hydrogen) atoms. The number of para-hydroxylation sites is 1. The van der Waals surface area contributed by atoms with Gasteiger partial charge >= 0.3 is 29.6 Å². The number of carbonyl (C=O) groups excluding carboxylic acids is 1. The molecule has 1 unspecified atom stereocenters. The van der Waals surface area contributed by atoms with Crippen LogP contribution in [0.4, 0.5) is 0 Å². The molecule has 4 aromatic rings. The molecule has 1 heterocycles. The zero-order valence-electron chi connectivity index (χ0n) is 20.4. The van der Waals surface area contributed by atoms with Gasteiger partial charge in [-0.3, -0.25) is 0 Å². The van der Waals surface area contributed by atoms with Gasteiger partial charge in [0.25, 0.3) is 0 Å². The first-order valence-electron chi connectivity index (χ1n) is 11.9. The normalized spacial score (nSPS) is 15.0. The number of allylic oxidation sites excluding steroid dienone is 2. The zero-order valence-corrected chi connectivity index (χ0v) is 22.4. The van der Waals surface area contributed by atoms with Crippen LogP contribution in [0.3, 0.4) is 0 Å². The van der Waals surface area contributed by atoms with Gasteiger partial charge in [0.1, 0.15) is 18.1 Å². The van der Waals surface area contributed by atoms with Gasteiger partial charge in [0.2, 0.25) is 5.89 Å². The Morgan fingerprint density at radius 3 is 2.33 bits per heavy atom. The van der Waals surface area contributed by atoms with E-state index in [1.54, 1.807) is 6.07 Å². The summed E-state index contributed by atoms with van der Waals surface area (Å²) in [5.41, 5.74) is 4.87. The van der Waals surface area contributed by atoms with Crippen LogP contribution in [-0.4, -0.2) is 17.6 Å². The van der Waals surface area contributed by atoms with Gasteiger partial charge in [-0.05, 0) is 43.2 Å². The van der Waals surface area contributed by atoms with Gasteiger partial charge in [-0.25, -0.2) is 4.98 Å². The molecule has 0 saturated heterocycles. The van der Waals surface area contributed by atoms with Crippen LogP contribution in [0, 0.1) is 5.92 Å². The second-order valence-electron chi connectivity index (χ2n) is 8.69. The number of aromatic nitrogens is 1. The summed E-state index contributed by atoms with van der Waals surface area (Å²) in [6.07, 6.45) is 5.98. The third-order valence-corrected chi connectivity index (χ3v) is 6.30. The second kappa shape index (κ2) is 12.2. The van der Waals surface area contributed by atoms with Crippen LogP contribution >= 0.6 is 0 Å². The topological polar surface area (TPSA) is 75.4 Å². The summed E-state index contributed by atoms with van der Waals surface area (Å²) in [4.78, 5) is 15.9. The molecule has 0 N–H and O–H groups in total. The van der Waals surface area contributed by atoms with Crippen molar-refractivity contribution in [1.82, 2.24) is 4.98 Å². The number of carboxylic acids is 1. The molecule has 5 nitrogen and oxygen atoms in total. The van der Waals surface area contributed by atoms with Crippen molar-refractivity contribution >= 4 is 11.5 Å². The fraction of sp³-hybridized carbons (Fsp3) is 0.200. The van der Waals surface area contributed by atoms with E-state index >= 15 is 0 Å². The van der Waals surface area contributed by atoms with Gasteiger partial charge in [-0.1, -0.05) is 84.9 Å². The van der Waals surface area contributed by atoms with Crippen LogP contribution in [-0.2, 0) is 11.2 Å². The smallest absolute Gasteiger partial charge is 0.546 e. The van der Waals surface area contributed by atoms with Crippen molar-refractivity contribution in [2.75, 3.05) is 6.61 Å². The third-order valence-electron chi connectivity index (χ3n) is 6.30. The average molecular weight is 488 g/mol. The molecular formula is C30H26NNaO4. The van der Waals surface area contributed by atoms with E-state index in [1.165, 1.54) is 0 Å². The van der Waals surface area contributed by atoms with E-state index < -0.39 is 12.6 Å². The summed E-state index contributed by atoms with van der Waals surface area (Å²) in [5.74, 6) is 0.918. The molecule has 0 spiro atoms. The predicted octanol–water partition coefficient (Wildman–Crippen LogP) is 2.57. The molecule has 1 aromatic heterocycles. The molecule has 1 atom stereocenters. The molecule has 3 aromatic carbocycles. The summed E-state index contributed by atoms with van der Waals surface area (Å²) in [5, 5.41) is 10.9. The fourth-order valence-corrected chi connectivity index (χ4v) is 4.65. The van der Waals surface area contributed by atoms with E-state index in [1.807, 2.05) is 78.9 Å². The number of rotatable bonds is 8. The maximum Gasteiger partial charge on any atom is 1.00 e. The van der Waals surface area contributed by atoms with Crippen molar-refractivity contribution in [1.29, 1.82) is 0 Å². The van der Waals surface area contributed by atoms with Crippen LogP contribution in [0.5, 0.6) is 5.75 Å². The molecule has 1 aliphatic carbocycles. The molecular weight excluding hydrogens is 461 g/mol. The van der Waals surface area contributed by atoms with Crippen molar-refractivity contribution in [3.63, 3.8) is 0 Å². The molecule has 1 aliphatic rings. The van der Waals surface area contributed by atoms with Crippen LogP contribution < -0.4 is 39.4 Å². The van der Waals surface area contributed by atoms with Crippen molar-refractivity contribution in [2.24, 2.45) is 5.92 Å². The fourth-order valence-electron chi connectivity index (χ4n) is 4.65. The molecule has 6 heteroatoms. The first kappa shape index (κ1) is 26.0. The number of benzene rings is 3. The first-order valence-corrected chi connectivity index (χ1v) is 11.9. The molecule has 0 bridgehead atoms. The number of carboxylic acid groups (broad SMARTS) is 1. The number of oxazole rings is 1. The number of carbonyl (C=O) groups is 1. The first-order chi connectivity index (χ1) is 17.2. The molecule has 0 radical (unpaired) electrons. The Morgan fingerprint density at radius 1 is 0.944 bits per heavy atom. The van der Waals surface area contributed by atoms with E-state index in [4.69, 9.17) is 14.1 Å². The van der Waals surface area contributed by atoms with Crippen LogP contribution in [0.2, 0.25) is 0 Å². The monoisotopic (exact) mass is 487 g/mol. The average Bonchev–Trinajstić information content (AvgIpc) is 3.35. The van der Waals surface area contributed by atoms with E-state index in [9.17, 15) is 9.90 Å². The Morgan fingerprint density at radius 2 is 1.61 bits per heavy atom. The van der Waals surface area contributed by atoms with Gasteiger partial charge in [0.15, 0.2) is 5.76 Å². The van der Waals surface area contributed by atoms with Gasteiger partial charge < -0.3 is 19.1 Å². The summed E-state index contributed by atoms with van der Waals surface area (Å²) in [6, 6.07) is 27.7. The second-order valence-corrected chi connectivity index (χ2v) is 8.69. The summed E-state index contributed by atoms with van der Waals surface area (Å²) in [7, 11) is 0. The SMILES string of the molecule is O=C([O-])COc1ccccc1CC1CCCC=C1c1nc(-c2ccccc2)c(-c2ccccc2)o1.[Na+]. The Labute approximate surface area is 233 Å². The standard InChI is InChI=1S/C30H27NO4.Na/c32-27(33)20-34-26-18-10-8-16-24(26)19-23-15-7-9-17-25(23)30-31-28(21-11-3-1-4-12-21)29(35-30)22-13-5-2-6-14-22;/h1-6,8,10-14,16-18,23H,7,9,15,19-20H2,(H,32,33);/q;+1/p-1. The number of hydrogen-bond acceptors (Lipinski definition) is 5. The minimum Gasteiger partial charge on any atom is -0.546 e. The van der Waals surface area contributed by atoms with Gasteiger partial charge in [0.05, 0.1) is 5.97 Å². The molecule has 176 valence electrons. The van der Waals surface area contributed by atoms with E-state index in [0.717, 1.165) is 53.0 Å². The van der Waals surface area contributed by atoms with E-state index in [2.05, 4.69) is 6.08 Å². The minimum atomic E-state index is -1.24. The molecule has 5 rings (SSSR count). The Hall–Kier alpha value is -3.12. The van der Waals surface area contributed by atoms with Crippen LogP contribution in [0.25, 0.3) is 28.2 Å². The minimum absolute atomic E-state index is 0. The maximum absolute atomic E-state index is 10.9. The molecule has 0 fully saturated rings. The Kier molecular flexibility index (Phi) is 8.81. The zero-order chi connectivity index (χ0) is 24.0. The Balaban J connectivity index is 0.00000304. The maximum atomic E-state index is 10.9. The number of hydrogen-bond donors (Lipinski definition) is 0. The van der Waals surface area contributed by atoms with Gasteiger partial charge in [-0.2, -0.15) is 0 Å². The summed E-state index contributed by atoms with van der Waals surface area (Å²) < 4.78 is 12.0. The van der Waals surface area contributed by atoms with E-state index in [0.29, 0.717) is 18.1 Å². The van der Waals surface area contributed by atoms with E-state index in [-0.39, 0.29) is 35.5 Å². The van der Waals surface area contributed by atoms with Crippen molar-refractivity contribution in [3.05, 3.63) is 102 Å². The predicted molar refractivity (Wildman–Crippen MR) is 133 cm³/mol. The number of aliphatic carboxylic acids is 1. The molecule has 0 amide bonds. The quantitative estimate of drug-likeness (QED) is 0.357. The van der Waals surface area contributed by atoms with Gasteiger partial charge in [-0.15, -0.1) is 0 Å².